The van der Waals surface area contributed by atoms with Crippen molar-refractivity contribution in [2.24, 2.45) is 0 Å². The molecule has 1 aliphatic heterocycles. The van der Waals surface area contributed by atoms with Crippen LogP contribution in [0.3, 0.4) is 0 Å². The molecule has 9 nitrogen and oxygen atoms in total. The van der Waals surface area contributed by atoms with E-state index in [0.717, 1.165) is 9.87 Å². The summed E-state index contributed by atoms with van der Waals surface area (Å²) in [6.07, 6.45) is 1.20. The van der Waals surface area contributed by atoms with Crippen LogP contribution in [-0.4, -0.2) is 43.9 Å². The number of anilines is 3. The summed E-state index contributed by atoms with van der Waals surface area (Å²) in [5.41, 5.74) is 1.67. The molecule has 0 N–H and O–H groups in total. The van der Waals surface area contributed by atoms with Gasteiger partial charge in [-0.25, -0.2) is 13.2 Å². The highest BCUT2D eigenvalue weighted by Gasteiger charge is 2.33. The van der Waals surface area contributed by atoms with Crippen LogP contribution in [-0.2, 0) is 32.4 Å². The average Bonchev–Trinajstić information content (AvgIpc) is 2.88. The summed E-state index contributed by atoms with van der Waals surface area (Å²) in [6.45, 7) is 0.178. The Kier molecular flexibility index (Phi) is 7.10. The minimum Gasteiger partial charge on any atom is -0.755 e. The van der Waals surface area contributed by atoms with Gasteiger partial charge in [-0.15, -0.1) is 0 Å². The van der Waals surface area contributed by atoms with Crippen molar-refractivity contribution in [1.82, 2.24) is 0 Å². The standard InChI is InChI=1S/C24H24N2O7S2/c1-32-20-13-11-18(12-14-20)26(34(28)29)19-10-9-17-6-5-15-25(22(17)16-19)35(30,31)23-8-4-3-7-21(23)24(27)33-2/h3-4,7-14,16H,5-6,15H2,1-2H3,(H,28,29)/p-1. The zero-order valence-electron chi connectivity index (χ0n) is 19.0. The molecule has 11 heteroatoms. The lowest BCUT2D eigenvalue weighted by atomic mass is 10.0. The number of carbonyl (C=O) groups excluding carboxylic acids is 1. The Morgan fingerprint density at radius 3 is 2.37 bits per heavy atom. The number of sulfonamides is 1. The van der Waals surface area contributed by atoms with Crippen LogP contribution < -0.4 is 13.3 Å². The van der Waals surface area contributed by atoms with Gasteiger partial charge in [0.2, 0.25) is 0 Å². The third-order valence-electron chi connectivity index (χ3n) is 5.70. The minimum absolute atomic E-state index is 0.0706. The van der Waals surface area contributed by atoms with Crippen molar-refractivity contribution in [3.63, 3.8) is 0 Å². The second-order valence-electron chi connectivity index (χ2n) is 7.69. The maximum absolute atomic E-state index is 13.7. The lowest BCUT2D eigenvalue weighted by Gasteiger charge is -2.33. The second kappa shape index (κ2) is 10.1. The Morgan fingerprint density at radius 2 is 1.71 bits per heavy atom. The number of ether oxygens (including phenoxy) is 2. The molecule has 3 aromatic rings. The van der Waals surface area contributed by atoms with Crippen molar-refractivity contribution >= 4 is 44.3 Å². The van der Waals surface area contributed by atoms with Crippen LogP contribution in [0.2, 0.25) is 0 Å². The van der Waals surface area contributed by atoms with Crippen LogP contribution in [0.25, 0.3) is 0 Å². The van der Waals surface area contributed by atoms with E-state index in [-0.39, 0.29) is 22.7 Å². The zero-order chi connectivity index (χ0) is 25.2. The first kappa shape index (κ1) is 24.7. The number of hydrogen-bond acceptors (Lipinski definition) is 7. The molecule has 0 aromatic heterocycles. The number of nitrogens with zero attached hydrogens (tertiary/aromatic N) is 2. The van der Waals surface area contributed by atoms with E-state index in [1.165, 1.54) is 42.8 Å². The van der Waals surface area contributed by atoms with E-state index in [1.807, 2.05) is 0 Å². The number of benzene rings is 3. The van der Waals surface area contributed by atoms with Crippen molar-refractivity contribution < 1.29 is 31.4 Å². The number of rotatable bonds is 7. The third-order valence-corrected chi connectivity index (χ3v) is 8.29. The fourth-order valence-electron chi connectivity index (χ4n) is 4.03. The number of fused-ring (bicyclic) bond motifs is 1. The van der Waals surface area contributed by atoms with E-state index in [1.54, 1.807) is 42.5 Å². The predicted molar refractivity (Wildman–Crippen MR) is 131 cm³/mol. The molecule has 1 unspecified atom stereocenters. The Bertz CT molecular complexity index is 1370. The number of methoxy groups -OCH3 is 2. The molecule has 0 spiro atoms. The molecule has 35 heavy (non-hydrogen) atoms. The summed E-state index contributed by atoms with van der Waals surface area (Å²) >= 11 is -2.68. The largest absolute Gasteiger partial charge is 0.755 e. The second-order valence-corrected chi connectivity index (χ2v) is 10.3. The van der Waals surface area contributed by atoms with Crippen LogP contribution in [0.15, 0.2) is 71.6 Å². The maximum Gasteiger partial charge on any atom is 0.339 e. The fraction of sp³-hybridized carbons (Fsp3) is 0.208. The first-order chi connectivity index (χ1) is 16.8. The smallest absolute Gasteiger partial charge is 0.339 e. The topological polar surface area (TPSA) is 116 Å². The van der Waals surface area contributed by atoms with Gasteiger partial charge in [-0.3, -0.25) is 12.8 Å². The fourth-order valence-corrected chi connectivity index (χ4v) is 6.33. The summed E-state index contributed by atoms with van der Waals surface area (Å²) in [6, 6.07) is 17.2. The van der Waals surface area contributed by atoms with Crippen molar-refractivity contribution in [3.8, 4) is 5.75 Å². The molecule has 3 aromatic carbocycles. The SMILES string of the molecule is COC(=O)c1ccccc1S(=O)(=O)N1CCCc2ccc(N(c3ccc(OC)cc3)S(=O)[O-])cc21. The monoisotopic (exact) mass is 515 g/mol. The molecule has 1 atom stereocenters. The normalized spacial score (nSPS) is 14.1. The summed E-state index contributed by atoms with van der Waals surface area (Å²) in [7, 11) is -1.46. The van der Waals surface area contributed by atoms with E-state index in [9.17, 15) is 22.0 Å². The lowest BCUT2D eigenvalue weighted by molar-refractivity contribution is 0.0596. The highest BCUT2D eigenvalue weighted by atomic mass is 32.2. The summed E-state index contributed by atoms with van der Waals surface area (Å²) in [4.78, 5) is 12.1. The summed E-state index contributed by atoms with van der Waals surface area (Å²) in [5, 5.41) is 0. The number of carbonyl (C=O) groups is 1. The number of esters is 1. The first-order valence-electron chi connectivity index (χ1n) is 10.6. The predicted octanol–water partition coefficient (Wildman–Crippen LogP) is 3.56. The molecule has 0 radical (unpaired) electrons. The molecule has 0 fully saturated rings. The van der Waals surface area contributed by atoms with E-state index in [2.05, 4.69) is 0 Å². The first-order valence-corrected chi connectivity index (χ1v) is 13.1. The maximum atomic E-state index is 13.7. The summed E-state index contributed by atoms with van der Waals surface area (Å²) in [5.74, 6) is -0.194. The number of aryl methyl sites for hydroxylation is 1. The minimum atomic E-state index is -4.15. The molecule has 4 rings (SSSR count). The van der Waals surface area contributed by atoms with Gasteiger partial charge in [0.15, 0.2) is 0 Å². The van der Waals surface area contributed by atoms with Crippen molar-refractivity contribution in [2.45, 2.75) is 17.7 Å². The van der Waals surface area contributed by atoms with Crippen molar-refractivity contribution in [2.75, 3.05) is 29.4 Å². The molecular weight excluding hydrogens is 492 g/mol. The van der Waals surface area contributed by atoms with Gasteiger partial charge in [-0.2, -0.15) is 0 Å². The van der Waals surface area contributed by atoms with Crippen LogP contribution in [0, 0.1) is 0 Å². The highest BCUT2D eigenvalue weighted by Crippen LogP contribution is 2.38. The van der Waals surface area contributed by atoms with Crippen molar-refractivity contribution in [1.29, 1.82) is 0 Å². The van der Waals surface area contributed by atoms with E-state index < -0.39 is 27.3 Å². The number of hydrogen-bond donors (Lipinski definition) is 0. The van der Waals surface area contributed by atoms with Crippen LogP contribution in [0.1, 0.15) is 22.3 Å². The van der Waals surface area contributed by atoms with Gasteiger partial charge in [0.05, 0.1) is 48.1 Å². The van der Waals surface area contributed by atoms with Crippen LogP contribution in [0.5, 0.6) is 5.75 Å². The molecule has 1 heterocycles. The molecule has 1 aliphatic rings. The quantitative estimate of drug-likeness (QED) is 0.349. The Morgan fingerprint density at radius 1 is 1.03 bits per heavy atom. The molecule has 0 aliphatic carbocycles. The molecule has 0 saturated heterocycles. The van der Waals surface area contributed by atoms with E-state index >= 15 is 0 Å². The van der Waals surface area contributed by atoms with Gasteiger partial charge in [0.25, 0.3) is 10.0 Å². The summed E-state index contributed by atoms with van der Waals surface area (Å²) < 4.78 is 64.0. The van der Waals surface area contributed by atoms with Gasteiger partial charge in [-0.1, -0.05) is 18.2 Å². The van der Waals surface area contributed by atoms with E-state index in [0.29, 0.717) is 30.0 Å². The molecule has 0 saturated carbocycles. The molecule has 0 amide bonds. The lowest BCUT2D eigenvalue weighted by Crippen LogP contribution is -2.36. The highest BCUT2D eigenvalue weighted by molar-refractivity contribution is 7.93. The third kappa shape index (κ3) is 4.75. The van der Waals surface area contributed by atoms with Crippen LogP contribution >= 0.6 is 0 Å². The van der Waals surface area contributed by atoms with Gasteiger partial charge in [0, 0.05) is 6.54 Å². The Balaban J connectivity index is 1.81. The van der Waals surface area contributed by atoms with Crippen molar-refractivity contribution in [3.05, 3.63) is 77.9 Å². The van der Waals surface area contributed by atoms with Gasteiger partial charge < -0.3 is 14.0 Å². The Hall–Kier alpha value is -3.41. The van der Waals surface area contributed by atoms with E-state index in [4.69, 9.17) is 9.47 Å². The molecule has 0 bridgehead atoms. The van der Waals surface area contributed by atoms with Crippen LogP contribution in [0.4, 0.5) is 17.1 Å². The molecule has 184 valence electrons. The van der Waals surface area contributed by atoms with Gasteiger partial charge >= 0.3 is 5.97 Å². The Labute approximate surface area is 206 Å². The van der Waals surface area contributed by atoms with Gasteiger partial charge in [-0.05, 0) is 66.9 Å². The van der Waals surface area contributed by atoms with Gasteiger partial charge in [0.1, 0.15) is 10.6 Å². The zero-order valence-corrected chi connectivity index (χ0v) is 20.7. The average molecular weight is 516 g/mol. The molecular formula is C24H23N2O7S2-.